The van der Waals surface area contributed by atoms with Gasteiger partial charge in [-0.25, -0.2) is 13.4 Å². The monoisotopic (exact) mass is 286 g/mol. The van der Waals surface area contributed by atoms with E-state index in [0.29, 0.717) is 19.6 Å². The fourth-order valence-electron chi connectivity index (χ4n) is 2.32. The van der Waals surface area contributed by atoms with Gasteiger partial charge in [-0.3, -0.25) is 0 Å². The summed E-state index contributed by atoms with van der Waals surface area (Å²) < 4.78 is 28.5. The molecule has 1 aromatic heterocycles. The van der Waals surface area contributed by atoms with Crippen molar-refractivity contribution in [3.8, 4) is 0 Å². The molecule has 1 fully saturated rings. The molecule has 1 N–H and O–H groups in total. The molecule has 2 heterocycles. The van der Waals surface area contributed by atoms with E-state index in [0.717, 1.165) is 18.8 Å². The first-order chi connectivity index (χ1) is 8.95. The largest absolute Gasteiger partial charge is 0.334 e. The summed E-state index contributed by atoms with van der Waals surface area (Å²) in [6, 6.07) is 0.183. The topological polar surface area (TPSA) is 67.2 Å². The molecule has 0 aliphatic carbocycles. The highest BCUT2D eigenvalue weighted by Gasteiger charge is 2.30. The number of aryl methyl sites for hydroxylation is 2. The SMILES string of the molecule is CCCn1cc(S(=O)(=O)N2CCN[C@H](C)C2)nc1C. The zero-order valence-corrected chi connectivity index (χ0v) is 12.6. The van der Waals surface area contributed by atoms with Crippen molar-refractivity contribution in [3.63, 3.8) is 0 Å². The smallest absolute Gasteiger partial charge is 0.262 e. The highest BCUT2D eigenvalue weighted by atomic mass is 32.2. The molecule has 0 unspecified atom stereocenters. The van der Waals surface area contributed by atoms with Crippen molar-refractivity contribution in [2.24, 2.45) is 0 Å². The summed E-state index contributed by atoms with van der Waals surface area (Å²) in [7, 11) is -3.45. The minimum absolute atomic E-state index is 0.174. The molecular weight excluding hydrogens is 264 g/mol. The molecule has 0 amide bonds. The van der Waals surface area contributed by atoms with Crippen LogP contribution in [-0.4, -0.2) is 48.0 Å². The minimum atomic E-state index is -3.45. The van der Waals surface area contributed by atoms with E-state index in [1.807, 2.05) is 18.4 Å². The summed E-state index contributed by atoms with van der Waals surface area (Å²) >= 11 is 0. The molecule has 1 aliphatic heterocycles. The third kappa shape index (κ3) is 2.98. The first kappa shape index (κ1) is 14.5. The standard InChI is InChI=1S/C12H22N4O2S/c1-4-6-15-9-12(14-11(15)3)19(17,18)16-7-5-13-10(2)8-16/h9-10,13H,4-8H2,1-3H3/t10-/m1/s1. The van der Waals surface area contributed by atoms with Crippen molar-refractivity contribution in [1.82, 2.24) is 19.2 Å². The van der Waals surface area contributed by atoms with Gasteiger partial charge in [-0.05, 0) is 20.3 Å². The van der Waals surface area contributed by atoms with E-state index in [2.05, 4.69) is 17.2 Å². The molecule has 0 saturated carbocycles. The van der Waals surface area contributed by atoms with Crippen LogP contribution >= 0.6 is 0 Å². The van der Waals surface area contributed by atoms with Gasteiger partial charge in [0.05, 0.1) is 0 Å². The number of rotatable bonds is 4. The van der Waals surface area contributed by atoms with Crippen LogP contribution in [0.4, 0.5) is 0 Å². The Kier molecular flexibility index (Phi) is 4.27. The average Bonchev–Trinajstić information content (AvgIpc) is 2.72. The maximum absolute atomic E-state index is 12.5. The minimum Gasteiger partial charge on any atom is -0.334 e. The van der Waals surface area contributed by atoms with Gasteiger partial charge in [-0.15, -0.1) is 0 Å². The summed E-state index contributed by atoms with van der Waals surface area (Å²) in [4.78, 5) is 4.21. The summed E-state index contributed by atoms with van der Waals surface area (Å²) in [5.74, 6) is 0.753. The first-order valence-corrected chi connectivity index (χ1v) is 8.16. The first-order valence-electron chi connectivity index (χ1n) is 6.72. The predicted octanol–water partition coefficient (Wildman–Crippen LogP) is 0.584. The number of nitrogens with one attached hydrogen (secondary N) is 1. The van der Waals surface area contributed by atoms with E-state index in [1.54, 1.807) is 6.20 Å². The maximum atomic E-state index is 12.5. The van der Waals surface area contributed by atoms with Crippen LogP contribution in [-0.2, 0) is 16.6 Å². The highest BCUT2D eigenvalue weighted by Crippen LogP contribution is 2.17. The number of piperazine rings is 1. The predicted molar refractivity (Wildman–Crippen MR) is 73.5 cm³/mol. The molecule has 0 aromatic carbocycles. The van der Waals surface area contributed by atoms with Gasteiger partial charge in [0.25, 0.3) is 10.0 Å². The van der Waals surface area contributed by atoms with Crippen LogP contribution in [0, 0.1) is 6.92 Å². The van der Waals surface area contributed by atoms with Gasteiger partial charge in [0.1, 0.15) is 5.82 Å². The number of imidazole rings is 1. The Morgan fingerprint density at radius 1 is 1.53 bits per heavy atom. The lowest BCUT2D eigenvalue weighted by atomic mass is 10.3. The molecule has 1 atom stereocenters. The van der Waals surface area contributed by atoms with E-state index in [1.165, 1.54) is 4.31 Å². The fraction of sp³-hybridized carbons (Fsp3) is 0.750. The molecule has 0 radical (unpaired) electrons. The summed E-state index contributed by atoms with van der Waals surface area (Å²) in [6.07, 6.45) is 2.61. The van der Waals surface area contributed by atoms with Crippen LogP contribution in [0.1, 0.15) is 26.1 Å². The quantitative estimate of drug-likeness (QED) is 0.879. The number of hydrogen-bond acceptors (Lipinski definition) is 4. The second-order valence-corrected chi connectivity index (χ2v) is 6.92. The normalized spacial score (nSPS) is 21.7. The van der Waals surface area contributed by atoms with Crippen molar-refractivity contribution < 1.29 is 8.42 Å². The van der Waals surface area contributed by atoms with Gasteiger partial charge >= 0.3 is 0 Å². The van der Waals surface area contributed by atoms with Crippen LogP contribution in [0.5, 0.6) is 0 Å². The third-order valence-corrected chi connectivity index (χ3v) is 5.09. The lowest BCUT2D eigenvalue weighted by Crippen LogP contribution is -2.51. The van der Waals surface area contributed by atoms with Gasteiger partial charge in [-0.1, -0.05) is 6.92 Å². The maximum Gasteiger partial charge on any atom is 0.262 e. The van der Waals surface area contributed by atoms with Crippen LogP contribution in [0.15, 0.2) is 11.2 Å². The molecule has 1 aliphatic rings. The van der Waals surface area contributed by atoms with E-state index in [9.17, 15) is 8.42 Å². The van der Waals surface area contributed by atoms with Crippen molar-refractivity contribution in [3.05, 3.63) is 12.0 Å². The van der Waals surface area contributed by atoms with E-state index < -0.39 is 10.0 Å². The second kappa shape index (κ2) is 5.60. The summed E-state index contributed by atoms with van der Waals surface area (Å²) in [6.45, 7) is 8.39. The lowest BCUT2D eigenvalue weighted by molar-refractivity contribution is 0.309. The fourth-order valence-corrected chi connectivity index (χ4v) is 3.84. The second-order valence-electron chi connectivity index (χ2n) is 5.04. The zero-order chi connectivity index (χ0) is 14.0. The van der Waals surface area contributed by atoms with E-state index in [4.69, 9.17) is 0 Å². The summed E-state index contributed by atoms with van der Waals surface area (Å²) in [5, 5.41) is 3.41. The van der Waals surface area contributed by atoms with E-state index in [-0.39, 0.29) is 11.1 Å². The average molecular weight is 286 g/mol. The van der Waals surface area contributed by atoms with Crippen LogP contribution in [0.3, 0.4) is 0 Å². The Balaban J connectivity index is 2.26. The van der Waals surface area contributed by atoms with E-state index >= 15 is 0 Å². The van der Waals surface area contributed by atoms with Gasteiger partial charge in [-0.2, -0.15) is 4.31 Å². The molecule has 0 bridgehead atoms. The Bertz CT molecular complexity index is 538. The molecule has 6 nitrogen and oxygen atoms in total. The number of nitrogens with zero attached hydrogens (tertiary/aromatic N) is 3. The Morgan fingerprint density at radius 2 is 2.26 bits per heavy atom. The molecular formula is C12H22N4O2S. The molecule has 108 valence electrons. The van der Waals surface area contributed by atoms with Crippen LogP contribution in [0.2, 0.25) is 0 Å². The van der Waals surface area contributed by atoms with Crippen LogP contribution in [0.25, 0.3) is 0 Å². The lowest BCUT2D eigenvalue weighted by Gasteiger charge is -2.30. The number of sulfonamides is 1. The van der Waals surface area contributed by atoms with Gasteiger partial charge < -0.3 is 9.88 Å². The molecule has 2 rings (SSSR count). The van der Waals surface area contributed by atoms with Gasteiger partial charge in [0.15, 0.2) is 5.03 Å². The van der Waals surface area contributed by atoms with Crippen molar-refractivity contribution >= 4 is 10.0 Å². The van der Waals surface area contributed by atoms with Gasteiger partial charge in [0.2, 0.25) is 0 Å². The molecule has 19 heavy (non-hydrogen) atoms. The Labute approximate surface area is 114 Å². The number of aromatic nitrogens is 2. The molecule has 1 saturated heterocycles. The van der Waals surface area contributed by atoms with Crippen molar-refractivity contribution in [1.29, 1.82) is 0 Å². The Morgan fingerprint density at radius 3 is 2.89 bits per heavy atom. The summed E-state index contributed by atoms with van der Waals surface area (Å²) in [5.41, 5.74) is 0. The van der Waals surface area contributed by atoms with Crippen LogP contribution < -0.4 is 5.32 Å². The molecule has 7 heteroatoms. The highest BCUT2D eigenvalue weighted by molar-refractivity contribution is 7.89. The number of hydrogen-bond donors (Lipinski definition) is 1. The van der Waals surface area contributed by atoms with Crippen molar-refractivity contribution in [2.75, 3.05) is 19.6 Å². The zero-order valence-electron chi connectivity index (χ0n) is 11.8. The molecule has 0 spiro atoms. The third-order valence-electron chi connectivity index (χ3n) is 3.35. The Hall–Kier alpha value is -0.920. The van der Waals surface area contributed by atoms with Crippen molar-refractivity contribution in [2.45, 2.75) is 44.8 Å². The molecule has 1 aromatic rings. The van der Waals surface area contributed by atoms with Gasteiger partial charge in [0, 0.05) is 38.4 Å².